The molecule has 6 aromatic carbocycles. The van der Waals surface area contributed by atoms with E-state index in [1.54, 1.807) is 0 Å². The molecule has 0 aliphatic carbocycles. The van der Waals surface area contributed by atoms with Gasteiger partial charge in [-0.05, 0) is 137 Å². The molecule has 0 saturated heterocycles. The van der Waals surface area contributed by atoms with Gasteiger partial charge in [0.05, 0.1) is 0 Å². The third-order valence-electron chi connectivity index (χ3n) is 9.74. The maximum atomic E-state index is 2.35. The molecule has 0 amide bonds. The Balaban J connectivity index is 0.945. The lowest BCUT2D eigenvalue weighted by Gasteiger charge is -2.26. The first-order chi connectivity index (χ1) is 24.4. The Morgan fingerprint density at radius 2 is 0.460 bits per heavy atom. The van der Waals surface area contributed by atoms with Crippen LogP contribution in [-0.4, -0.2) is 0 Å². The van der Waals surface area contributed by atoms with Crippen LogP contribution in [0.2, 0.25) is 0 Å². The Hall–Kier alpha value is -5.08. The molecule has 2 nitrogen and oxygen atoms in total. The second-order valence-electron chi connectivity index (χ2n) is 14.0. The Labute approximate surface area is 301 Å². The number of unbranched alkanes of at least 4 members (excludes halogenated alkanes) is 5. The van der Waals surface area contributed by atoms with Crippen LogP contribution in [0, 0.1) is 27.7 Å². The molecule has 6 aromatic rings. The summed E-state index contributed by atoms with van der Waals surface area (Å²) in [6, 6.07) is 53.6. The minimum absolute atomic E-state index is 1.14. The first-order valence-electron chi connectivity index (χ1n) is 18.5. The zero-order chi connectivity index (χ0) is 34.7. The van der Waals surface area contributed by atoms with E-state index in [0.29, 0.717) is 0 Å². The lowest BCUT2D eigenvalue weighted by Crippen LogP contribution is -2.10. The quantitative estimate of drug-likeness (QED) is 0.102. The summed E-state index contributed by atoms with van der Waals surface area (Å²) in [6.07, 6.45) is 10.00. The van der Waals surface area contributed by atoms with Gasteiger partial charge in [-0.1, -0.05) is 121 Å². The van der Waals surface area contributed by atoms with Gasteiger partial charge in [0.25, 0.3) is 0 Å². The highest BCUT2D eigenvalue weighted by Crippen LogP contribution is 2.36. The number of nitrogens with zero attached hydrogens (tertiary/aromatic N) is 2. The SMILES string of the molecule is Cc1ccc(N(c2ccc(C)cc2)c2ccc(CCCCCCCCc3ccc(N(c4ccc(C)cc4)c4ccc(C)cc4)cc3)cc2)cc1. The molecule has 0 fully saturated rings. The van der Waals surface area contributed by atoms with Crippen LogP contribution in [0.4, 0.5) is 34.1 Å². The summed E-state index contributed by atoms with van der Waals surface area (Å²) in [6.45, 7) is 8.56. The third-order valence-corrected chi connectivity index (χ3v) is 9.74. The molecule has 6 rings (SSSR count). The topological polar surface area (TPSA) is 6.48 Å². The number of anilines is 6. The van der Waals surface area contributed by atoms with Gasteiger partial charge >= 0.3 is 0 Å². The summed E-state index contributed by atoms with van der Waals surface area (Å²) >= 11 is 0. The van der Waals surface area contributed by atoms with Crippen LogP contribution >= 0.6 is 0 Å². The second-order valence-corrected chi connectivity index (χ2v) is 14.0. The van der Waals surface area contributed by atoms with Crippen molar-refractivity contribution < 1.29 is 0 Å². The predicted molar refractivity (Wildman–Crippen MR) is 216 cm³/mol. The molecule has 0 aliphatic rings. The van der Waals surface area contributed by atoms with E-state index >= 15 is 0 Å². The van der Waals surface area contributed by atoms with Crippen molar-refractivity contribution in [2.75, 3.05) is 9.80 Å². The summed E-state index contributed by atoms with van der Waals surface area (Å²) in [5.41, 5.74) is 15.1. The molecule has 0 heterocycles. The standard InChI is InChI=1S/C48H52N2/c1-37-13-25-43(26-14-37)49(44-27-15-38(2)16-28-44)47-33-21-41(22-34-47)11-9-7-5-6-8-10-12-42-23-35-48(36-24-42)50(45-29-17-39(3)18-30-45)46-31-19-40(4)20-32-46/h13-36H,5-12H2,1-4H3. The molecule has 0 unspecified atom stereocenters. The van der Waals surface area contributed by atoms with Crippen molar-refractivity contribution in [2.24, 2.45) is 0 Å². The number of rotatable bonds is 15. The summed E-state index contributed by atoms with van der Waals surface area (Å²) in [5.74, 6) is 0. The Morgan fingerprint density at radius 3 is 0.700 bits per heavy atom. The Kier molecular flexibility index (Phi) is 11.8. The number of benzene rings is 6. The number of aryl methyl sites for hydroxylation is 6. The van der Waals surface area contributed by atoms with E-state index in [4.69, 9.17) is 0 Å². The van der Waals surface area contributed by atoms with Crippen molar-refractivity contribution >= 4 is 34.1 Å². The van der Waals surface area contributed by atoms with Gasteiger partial charge in [-0.2, -0.15) is 0 Å². The van der Waals surface area contributed by atoms with Crippen molar-refractivity contribution in [2.45, 2.75) is 79.1 Å². The smallest absolute Gasteiger partial charge is 0.0461 e. The first-order valence-corrected chi connectivity index (χ1v) is 18.5. The molecule has 0 aromatic heterocycles. The van der Waals surface area contributed by atoms with E-state index < -0.39 is 0 Å². The van der Waals surface area contributed by atoms with Crippen LogP contribution in [0.15, 0.2) is 146 Å². The van der Waals surface area contributed by atoms with Crippen molar-refractivity contribution in [1.82, 2.24) is 0 Å². The average molecular weight is 657 g/mol. The lowest BCUT2D eigenvalue weighted by molar-refractivity contribution is 0.594. The van der Waals surface area contributed by atoms with E-state index in [0.717, 1.165) is 12.8 Å². The van der Waals surface area contributed by atoms with E-state index in [-0.39, 0.29) is 0 Å². The minimum Gasteiger partial charge on any atom is -0.311 e. The second kappa shape index (κ2) is 17.0. The van der Waals surface area contributed by atoms with Gasteiger partial charge in [-0.25, -0.2) is 0 Å². The fourth-order valence-corrected chi connectivity index (χ4v) is 6.66. The summed E-state index contributed by atoms with van der Waals surface area (Å²) in [4.78, 5) is 4.70. The third kappa shape index (κ3) is 9.33. The highest BCUT2D eigenvalue weighted by Gasteiger charge is 2.14. The Morgan fingerprint density at radius 1 is 0.260 bits per heavy atom. The maximum absolute atomic E-state index is 2.35. The van der Waals surface area contributed by atoms with Crippen LogP contribution in [-0.2, 0) is 12.8 Å². The molecular weight excluding hydrogens is 605 g/mol. The lowest BCUT2D eigenvalue weighted by atomic mass is 10.0. The zero-order valence-corrected chi connectivity index (χ0v) is 30.4. The van der Waals surface area contributed by atoms with Crippen LogP contribution in [0.1, 0.15) is 71.9 Å². The maximum Gasteiger partial charge on any atom is 0.0461 e. The fraction of sp³-hybridized carbons (Fsp3) is 0.250. The molecule has 0 radical (unpaired) electrons. The van der Waals surface area contributed by atoms with Gasteiger partial charge in [-0.3, -0.25) is 0 Å². The number of hydrogen-bond acceptors (Lipinski definition) is 2. The van der Waals surface area contributed by atoms with Crippen molar-refractivity contribution in [3.05, 3.63) is 179 Å². The van der Waals surface area contributed by atoms with E-state index in [1.807, 2.05) is 0 Å². The largest absolute Gasteiger partial charge is 0.311 e. The van der Waals surface area contributed by atoms with Crippen molar-refractivity contribution in [3.8, 4) is 0 Å². The Bertz CT molecular complexity index is 1650. The average Bonchev–Trinajstić information content (AvgIpc) is 3.14. The van der Waals surface area contributed by atoms with E-state index in [1.165, 1.54) is 106 Å². The molecule has 0 spiro atoms. The highest BCUT2D eigenvalue weighted by molar-refractivity contribution is 5.78. The molecule has 50 heavy (non-hydrogen) atoms. The molecular formula is C48H52N2. The van der Waals surface area contributed by atoms with Gasteiger partial charge in [-0.15, -0.1) is 0 Å². The van der Waals surface area contributed by atoms with E-state index in [2.05, 4.69) is 183 Å². The molecule has 0 N–H and O–H groups in total. The summed E-state index contributed by atoms with van der Waals surface area (Å²) in [5, 5.41) is 0. The van der Waals surface area contributed by atoms with Crippen LogP contribution < -0.4 is 9.80 Å². The highest BCUT2D eigenvalue weighted by atomic mass is 15.1. The molecule has 2 heteroatoms. The van der Waals surface area contributed by atoms with Gasteiger partial charge in [0.15, 0.2) is 0 Å². The molecule has 0 aliphatic heterocycles. The summed E-state index contributed by atoms with van der Waals surface area (Å²) in [7, 11) is 0. The van der Waals surface area contributed by atoms with Crippen molar-refractivity contribution in [1.29, 1.82) is 0 Å². The fourth-order valence-electron chi connectivity index (χ4n) is 6.66. The predicted octanol–water partition coefficient (Wildman–Crippen LogP) is 14.0. The van der Waals surface area contributed by atoms with Crippen LogP contribution in [0.3, 0.4) is 0 Å². The van der Waals surface area contributed by atoms with E-state index in [9.17, 15) is 0 Å². The van der Waals surface area contributed by atoms with Gasteiger partial charge < -0.3 is 9.80 Å². The van der Waals surface area contributed by atoms with Crippen LogP contribution in [0.25, 0.3) is 0 Å². The normalized spacial score (nSPS) is 11.0. The summed E-state index contributed by atoms with van der Waals surface area (Å²) < 4.78 is 0. The van der Waals surface area contributed by atoms with Gasteiger partial charge in [0, 0.05) is 34.1 Å². The monoisotopic (exact) mass is 656 g/mol. The zero-order valence-electron chi connectivity index (χ0n) is 30.4. The molecule has 0 bridgehead atoms. The van der Waals surface area contributed by atoms with Crippen molar-refractivity contribution in [3.63, 3.8) is 0 Å². The molecule has 0 saturated carbocycles. The number of hydrogen-bond donors (Lipinski definition) is 0. The van der Waals surface area contributed by atoms with Crippen LogP contribution in [0.5, 0.6) is 0 Å². The first kappa shape index (κ1) is 34.8. The molecule has 254 valence electrons. The minimum atomic E-state index is 1.14. The van der Waals surface area contributed by atoms with Gasteiger partial charge in [0.1, 0.15) is 0 Å². The van der Waals surface area contributed by atoms with Gasteiger partial charge in [0.2, 0.25) is 0 Å². The molecule has 0 atom stereocenters.